The van der Waals surface area contributed by atoms with Gasteiger partial charge in [0.1, 0.15) is 0 Å². The van der Waals surface area contributed by atoms with Crippen molar-refractivity contribution >= 4 is 0 Å². The molecule has 88 valence electrons. The van der Waals surface area contributed by atoms with Crippen molar-refractivity contribution in [3.63, 3.8) is 0 Å². The second kappa shape index (κ2) is 4.40. The largest absolute Gasteiger partial charge is 0.392 e. The maximum Gasteiger partial charge on any atom is 0.0680 e. The molecule has 1 aliphatic heterocycles. The Morgan fingerprint density at radius 2 is 2.27 bits per heavy atom. The Balaban J connectivity index is 1.66. The van der Waals surface area contributed by atoms with Crippen LogP contribution in [-0.4, -0.2) is 36.4 Å². The summed E-state index contributed by atoms with van der Waals surface area (Å²) in [4.78, 5) is 0. The molecule has 0 bridgehead atoms. The van der Waals surface area contributed by atoms with Crippen LogP contribution in [0.15, 0.2) is 0 Å². The van der Waals surface area contributed by atoms with Gasteiger partial charge in [-0.15, -0.1) is 0 Å². The molecule has 3 N–H and O–H groups in total. The van der Waals surface area contributed by atoms with Crippen LogP contribution in [0.1, 0.15) is 39.5 Å². The van der Waals surface area contributed by atoms with Crippen LogP contribution >= 0.6 is 0 Å². The number of aliphatic hydroxyl groups is 1. The molecule has 2 rings (SSSR count). The van der Waals surface area contributed by atoms with Crippen LogP contribution in [0, 0.1) is 5.41 Å². The molecule has 3 nitrogen and oxygen atoms in total. The van der Waals surface area contributed by atoms with Gasteiger partial charge in [-0.2, -0.15) is 0 Å². The first-order chi connectivity index (χ1) is 7.05. The second-order valence-corrected chi connectivity index (χ2v) is 6.01. The SMILES string of the molecule is CC1(C)CCC(NCC2CC(O)CN2)C1. The van der Waals surface area contributed by atoms with Gasteiger partial charge in [-0.3, -0.25) is 0 Å². The molecule has 0 spiro atoms. The molecule has 15 heavy (non-hydrogen) atoms. The summed E-state index contributed by atoms with van der Waals surface area (Å²) in [5.74, 6) is 0. The lowest BCUT2D eigenvalue weighted by molar-refractivity contribution is 0.192. The molecule has 0 aromatic carbocycles. The fourth-order valence-electron chi connectivity index (χ4n) is 2.87. The summed E-state index contributed by atoms with van der Waals surface area (Å²) in [6.07, 6.45) is 4.72. The van der Waals surface area contributed by atoms with E-state index in [2.05, 4.69) is 24.5 Å². The molecule has 2 aliphatic rings. The quantitative estimate of drug-likeness (QED) is 0.650. The maximum absolute atomic E-state index is 9.38. The molecule has 0 aromatic rings. The number of β-amino-alcohol motifs (C(OH)–C–C–N with tert-alkyl or cyclic N) is 1. The zero-order valence-corrected chi connectivity index (χ0v) is 9.92. The number of rotatable bonds is 3. The summed E-state index contributed by atoms with van der Waals surface area (Å²) in [7, 11) is 0. The fourth-order valence-corrected chi connectivity index (χ4v) is 2.87. The standard InChI is InChI=1S/C12H24N2O/c1-12(2)4-3-9(6-12)13-7-10-5-11(15)8-14-10/h9-11,13-15H,3-8H2,1-2H3. The van der Waals surface area contributed by atoms with E-state index in [4.69, 9.17) is 0 Å². The van der Waals surface area contributed by atoms with E-state index in [1.54, 1.807) is 0 Å². The summed E-state index contributed by atoms with van der Waals surface area (Å²) < 4.78 is 0. The highest BCUT2D eigenvalue weighted by molar-refractivity contribution is 4.89. The molecule has 1 heterocycles. The second-order valence-electron chi connectivity index (χ2n) is 6.01. The average molecular weight is 212 g/mol. The third kappa shape index (κ3) is 3.16. The van der Waals surface area contributed by atoms with Crippen molar-refractivity contribution in [2.45, 2.75) is 57.7 Å². The lowest BCUT2D eigenvalue weighted by Crippen LogP contribution is -2.38. The summed E-state index contributed by atoms with van der Waals surface area (Å²) in [6, 6.07) is 1.17. The highest BCUT2D eigenvalue weighted by atomic mass is 16.3. The van der Waals surface area contributed by atoms with Crippen LogP contribution in [0.3, 0.4) is 0 Å². The minimum atomic E-state index is -0.128. The van der Waals surface area contributed by atoms with Gasteiger partial charge in [0.25, 0.3) is 0 Å². The van der Waals surface area contributed by atoms with Gasteiger partial charge in [0, 0.05) is 25.2 Å². The van der Waals surface area contributed by atoms with E-state index in [1.807, 2.05) is 0 Å². The van der Waals surface area contributed by atoms with Gasteiger partial charge >= 0.3 is 0 Å². The van der Waals surface area contributed by atoms with Crippen LogP contribution in [0.4, 0.5) is 0 Å². The van der Waals surface area contributed by atoms with Gasteiger partial charge in [-0.05, 0) is 31.1 Å². The van der Waals surface area contributed by atoms with Gasteiger partial charge in [0.05, 0.1) is 6.10 Å². The Labute approximate surface area is 92.6 Å². The van der Waals surface area contributed by atoms with Gasteiger partial charge in [0.2, 0.25) is 0 Å². The minimum absolute atomic E-state index is 0.128. The molecule has 0 amide bonds. The minimum Gasteiger partial charge on any atom is -0.392 e. The smallest absolute Gasteiger partial charge is 0.0680 e. The highest BCUT2D eigenvalue weighted by Gasteiger charge is 2.31. The molecule has 1 saturated heterocycles. The lowest BCUT2D eigenvalue weighted by Gasteiger charge is -2.19. The number of hydrogen-bond donors (Lipinski definition) is 3. The molecular weight excluding hydrogens is 188 g/mol. The predicted molar refractivity (Wildman–Crippen MR) is 61.8 cm³/mol. The monoisotopic (exact) mass is 212 g/mol. The van der Waals surface area contributed by atoms with Crippen LogP contribution < -0.4 is 10.6 Å². The molecule has 3 atom stereocenters. The van der Waals surface area contributed by atoms with Crippen molar-refractivity contribution in [2.24, 2.45) is 5.41 Å². The van der Waals surface area contributed by atoms with E-state index in [9.17, 15) is 5.11 Å². The first kappa shape index (κ1) is 11.4. The molecule has 1 saturated carbocycles. The van der Waals surface area contributed by atoms with Crippen molar-refractivity contribution < 1.29 is 5.11 Å². The van der Waals surface area contributed by atoms with Gasteiger partial charge in [-0.25, -0.2) is 0 Å². The average Bonchev–Trinajstić information content (AvgIpc) is 2.69. The van der Waals surface area contributed by atoms with Crippen molar-refractivity contribution in [2.75, 3.05) is 13.1 Å². The van der Waals surface area contributed by atoms with E-state index in [-0.39, 0.29) is 6.10 Å². The van der Waals surface area contributed by atoms with Crippen LogP contribution in [-0.2, 0) is 0 Å². The maximum atomic E-state index is 9.38. The Bertz CT molecular complexity index is 218. The Kier molecular flexibility index (Phi) is 3.33. The van der Waals surface area contributed by atoms with Gasteiger partial charge < -0.3 is 15.7 Å². The first-order valence-corrected chi connectivity index (χ1v) is 6.20. The zero-order valence-electron chi connectivity index (χ0n) is 9.92. The topological polar surface area (TPSA) is 44.3 Å². The molecule has 0 aromatic heterocycles. The Morgan fingerprint density at radius 3 is 2.80 bits per heavy atom. The number of hydrogen-bond acceptors (Lipinski definition) is 3. The van der Waals surface area contributed by atoms with E-state index in [1.165, 1.54) is 19.3 Å². The summed E-state index contributed by atoms with van der Waals surface area (Å²) in [5.41, 5.74) is 0.528. The van der Waals surface area contributed by atoms with E-state index >= 15 is 0 Å². The number of nitrogens with one attached hydrogen (secondary N) is 2. The molecular formula is C12H24N2O. The molecule has 1 aliphatic carbocycles. The van der Waals surface area contributed by atoms with E-state index < -0.39 is 0 Å². The molecule has 2 fully saturated rings. The molecule has 3 heteroatoms. The van der Waals surface area contributed by atoms with Crippen molar-refractivity contribution in [3.05, 3.63) is 0 Å². The lowest BCUT2D eigenvalue weighted by atomic mass is 9.92. The summed E-state index contributed by atoms with van der Waals surface area (Å²) >= 11 is 0. The van der Waals surface area contributed by atoms with Crippen molar-refractivity contribution in [3.8, 4) is 0 Å². The third-order valence-corrected chi connectivity index (χ3v) is 3.82. The van der Waals surface area contributed by atoms with Crippen LogP contribution in [0.5, 0.6) is 0 Å². The van der Waals surface area contributed by atoms with Crippen molar-refractivity contribution in [1.82, 2.24) is 10.6 Å². The molecule has 3 unspecified atom stereocenters. The summed E-state index contributed by atoms with van der Waals surface area (Å²) in [5, 5.41) is 16.3. The Hall–Kier alpha value is -0.120. The summed E-state index contributed by atoms with van der Waals surface area (Å²) in [6.45, 7) is 6.48. The van der Waals surface area contributed by atoms with E-state index in [0.29, 0.717) is 17.5 Å². The van der Waals surface area contributed by atoms with Crippen LogP contribution in [0.25, 0.3) is 0 Å². The third-order valence-electron chi connectivity index (χ3n) is 3.82. The normalized spacial score (nSPS) is 39.8. The van der Waals surface area contributed by atoms with Crippen molar-refractivity contribution in [1.29, 1.82) is 0 Å². The van der Waals surface area contributed by atoms with Gasteiger partial charge in [0.15, 0.2) is 0 Å². The number of aliphatic hydroxyl groups excluding tert-OH is 1. The zero-order chi connectivity index (χ0) is 10.9. The highest BCUT2D eigenvalue weighted by Crippen LogP contribution is 2.36. The first-order valence-electron chi connectivity index (χ1n) is 6.20. The fraction of sp³-hybridized carbons (Fsp3) is 1.00. The predicted octanol–water partition coefficient (Wildman–Crippen LogP) is 0.877. The van der Waals surface area contributed by atoms with Gasteiger partial charge in [-0.1, -0.05) is 13.8 Å². The Morgan fingerprint density at radius 1 is 1.47 bits per heavy atom. The van der Waals surface area contributed by atoms with Crippen LogP contribution in [0.2, 0.25) is 0 Å². The van der Waals surface area contributed by atoms with E-state index in [0.717, 1.165) is 19.5 Å². The molecule has 0 radical (unpaired) electrons.